The number of nitrogens with one attached hydrogen (secondary N) is 2. The van der Waals surface area contributed by atoms with E-state index < -0.39 is 0 Å². The average molecular weight is 317 g/mol. The van der Waals surface area contributed by atoms with Gasteiger partial charge in [-0.05, 0) is 36.5 Å². The van der Waals surface area contributed by atoms with Crippen molar-refractivity contribution >= 4 is 11.6 Å². The number of hydrogen-bond acceptors (Lipinski definition) is 4. The van der Waals surface area contributed by atoms with Crippen LogP contribution in [0.5, 0.6) is 0 Å². The first-order valence-electron chi connectivity index (χ1n) is 8.64. The van der Waals surface area contributed by atoms with Crippen molar-refractivity contribution < 1.29 is 9.53 Å². The molecule has 23 heavy (non-hydrogen) atoms. The lowest BCUT2D eigenvalue weighted by Crippen LogP contribution is -2.47. The highest BCUT2D eigenvalue weighted by Gasteiger charge is 2.31. The van der Waals surface area contributed by atoms with Crippen LogP contribution < -0.4 is 10.6 Å². The lowest BCUT2D eigenvalue weighted by molar-refractivity contribution is -0.114. The van der Waals surface area contributed by atoms with Gasteiger partial charge in [-0.25, -0.2) is 0 Å². The number of carbonyl (C=O) groups is 1. The zero-order valence-corrected chi connectivity index (χ0v) is 13.9. The molecule has 2 heterocycles. The maximum absolute atomic E-state index is 11.2. The fourth-order valence-corrected chi connectivity index (χ4v) is 3.74. The van der Waals surface area contributed by atoms with Crippen molar-refractivity contribution in [2.24, 2.45) is 5.92 Å². The molecule has 0 bridgehead atoms. The second kappa shape index (κ2) is 7.90. The van der Waals surface area contributed by atoms with Gasteiger partial charge in [-0.2, -0.15) is 0 Å². The SMILES string of the molecule is CC(=O)Nc1ccc([C@@H](C2CCOCC2)N2CCNCC2)cc1. The second-order valence-corrected chi connectivity index (χ2v) is 6.48. The van der Waals surface area contributed by atoms with Gasteiger partial charge in [0.1, 0.15) is 0 Å². The molecule has 3 rings (SSSR count). The van der Waals surface area contributed by atoms with Gasteiger partial charge in [0.25, 0.3) is 0 Å². The van der Waals surface area contributed by atoms with E-state index in [1.807, 2.05) is 12.1 Å². The van der Waals surface area contributed by atoms with Crippen LogP contribution >= 0.6 is 0 Å². The van der Waals surface area contributed by atoms with Crippen molar-refractivity contribution in [3.63, 3.8) is 0 Å². The molecule has 5 nitrogen and oxygen atoms in total. The van der Waals surface area contributed by atoms with Crippen LogP contribution in [0.15, 0.2) is 24.3 Å². The first kappa shape index (κ1) is 16.4. The van der Waals surface area contributed by atoms with Crippen LogP contribution in [0.1, 0.15) is 31.4 Å². The van der Waals surface area contributed by atoms with Gasteiger partial charge in [-0.3, -0.25) is 9.69 Å². The molecular formula is C18H27N3O2. The molecule has 5 heteroatoms. The summed E-state index contributed by atoms with van der Waals surface area (Å²) in [6.07, 6.45) is 2.25. The largest absolute Gasteiger partial charge is 0.381 e. The number of anilines is 1. The molecule has 0 aromatic heterocycles. The lowest BCUT2D eigenvalue weighted by atomic mass is 9.85. The van der Waals surface area contributed by atoms with Gasteiger partial charge in [0.15, 0.2) is 0 Å². The van der Waals surface area contributed by atoms with E-state index in [1.54, 1.807) is 6.92 Å². The van der Waals surface area contributed by atoms with Crippen molar-refractivity contribution in [1.82, 2.24) is 10.2 Å². The number of hydrogen-bond donors (Lipinski definition) is 2. The molecule has 2 aliphatic heterocycles. The molecule has 1 aromatic rings. The minimum absolute atomic E-state index is 0.0270. The summed E-state index contributed by atoms with van der Waals surface area (Å²) in [5.74, 6) is 0.620. The highest BCUT2D eigenvalue weighted by Crippen LogP contribution is 2.35. The molecule has 2 saturated heterocycles. The summed E-state index contributed by atoms with van der Waals surface area (Å²) in [5.41, 5.74) is 2.22. The lowest BCUT2D eigenvalue weighted by Gasteiger charge is -2.41. The van der Waals surface area contributed by atoms with E-state index in [0.717, 1.165) is 57.9 Å². The molecule has 0 spiro atoms. The monoisotopic (exact) mass is 317 g/mol. The predicted molar refractivity (Wildman–Crippen MR) is 91.5 cm³/mol. The summed E-state index contributed by atoms with van der Waals surface area (Å²) in [6, 6.07) is 8.84. The summed E-state index contributed by atoms with van der Waals surface area (Å²) in [6.45, 7) is 7.59. The van der Waals surface area contributed by atoms with Crippen LogP contribution in [0.3, 0.4) is 0 Å². The molecular weight excluding hydrogens is 290 g/mol. The Kier molecular flexibility index (Phi) is 5.65. The van der Waals surface area contributed by atoms with Gasteiger partial charge in [-0.1, -0.05) is 12.1 Å². The van der Waals surface area contributed by atoms with Gasteiger partial charge in [0.05, 0.1) is 0 Å². The maximum atomic E-state index is 11.2. The Bertz CT molecular complexity index is 488. The molecule has 0 radical (unpaired) electrons. The van der Waals surface area contributed by atoms with E-state index in [4.69, 9.17) is 4.74 Å². The molecule has 1 atom stereocenters. The van der Waals surface area contributed by atoms with Crippen molar-refractivity contribution in [3.8, 4) is 0 Å². The Morgan fingerprint density at radius 2 is 1.87 bits per heavy atom. The maximum Gasteiger partial charge on any atom is 0.221 e. The van der Waals surface area contributed by atoms with Crippen LogP contribution in [0.25, 0.3) is 0 Å². The number of amides is 1. The number of carbonyl (C=O) groups excluding carboxylic acids is 1. The average Bonchev–Trinajstić information content (AvgIpc) is 2.58. The van der Waals surface area contributed by atoms with Crippen LogP contribution in [0.2, 0.25) is 0 Å². The number of ether oxygens (including phenoxy) is 1. The number of benzene rings is 1. The third-order valence-corrected chi connectivity index (χ3v) is 4.83. The summed E-state index contributed by atoms with van der Waals surface area (Å²) >= 11 is 0. The molecule has 0 aliphatic carbocycles. The highest BCUT2D eigenvalue weighted by molar-refractivity contribution is 5.88. The number of rotatable bonds is 4. The van der Waals surface area contributed by atoms with Crippen LogP contribution in [-0.4, -0.2) is 50.2 Å². The smallest absolute Gasteiger partial charge is 0.221 e. The summed E-state index contributed by atoms with van der Waals surface area (Å²) in [4.78, 5) is 13.8. The molecule has 1 aromatic carbocycles. The summed E-state index contributed by atoms with van der Waals surface area (Å²) < 4.78 is 5.56. The van der Waals surface area contributed by atoms with E-state index in [-0.39, 0.29) is 5.91 Å². The second-order valence-electron chi connectivity index (χ2n) is 6.48. The molecule has 0 unspecified atom stereocenters. The topological polar surface area (TPSA) is 53.6 Å². The van der Waals surface area contributed by atoms with Crippen molar-refractivity contribution in [2.45, 2.75) is 25.8 Å². The fourth-order valence-electron chi connectivity index (χ4n) is 3.74. The van der Waals surface area contributed by atoms with E-state index in [9.17, 15) is 4.79 Å². The quantitative estimate of drug-likeness (QED) is 0.892. The highest BCUT2D eigenvalue weighted by atomic mass is 16.5. The third-order valence-electron chi connectivity index (χ3n) is 4.83. The molecule has 2 aliphatic rings. The molecule has 2 N–H and O–H groups in total. The first-order chi connectivity index (χ1) is 11.2. The minimum Gasteiger partial charge on any atom is -0.381 e. The van der Waals surface area contributed by atoms with E-state index >= 15 is 0 Å². The number of piperazine rings is 1. The zero-order valence-electron chi connectivity index (χ0n) is 13.9. The standard InChI is InChI=1S/C18H27N3O2/c1-14(22)20-17-4-2-15(3-5-17)18(16-6-12-23-13-7-16)21-10-8-19-9-11-21/h2-5,16,18-19H,6-13H2,1H3,(H,20,22)/t18-/m0/s1. The van der Waals surface area contributed by atoms with Crippen LogP contribution in [0, 0.1) is 5.92 Å². The summed E-state index contributed by atoms with van der Waals surface area (Å²) in [5, 5.41) is 6.29. The Labute approximate surface area is 138 Å². The van der Waals surface area contributed by atoms with Gasteiger partial charge < -0.3 is 15.4 Å². The van der Waals surface area contributed by atoms with Crippen molar-refractivity contribution in [3.05, 3.63) is 29.8 Å². The number of nitrogens with zero attached hydrogens (tertiary/aromatic N) is 1. The molecule has 1 amide bonds. The van der Waals surface area contributed by atoms with Gasteiger partial charge in [0, 0.05) is 58.0 Å². The van der Waals surface area contributed by atoms with Gasteiger partial charge >= 0.3 is 0 Å². The predicted octanol–water partition coefficient (Wildman–Crippen LogP) is 2.02. The minimum atomic E-state index is -0.0270. The Balaban J connectivity index is 1.79. The van der Waals surface area contributed by atoms with E-state index in [1.165, 1.54) is 5.56 Å². The van der Waals surface area contributed by atoms with Crippen LogP contribution in [0.4, 0.5) is 5.69 Å². The molecule has 126 valence electrons. The van der Waals surface area contributed by atoms with E-state index in [0.29, 0.717) is 12.0 Å². The zero-order chi connectivity index (χ0) is 16.1. The normalized spacial score (nSPS) is 21.8. The summed E-state index contributed by atoms with van der Waals surface area (Å²) in [7, 11) is 0. The molecule has 0 saturated carbocycles. The van der Waals surface area contributed by atoms with Crippen molar-refractivity contribution in [2.75, 3.05) is 44.7 Å². The molecule has 2 fully saturated rings. The Morgan fingerprint density at radius 1 is 1.22 bits per heavy atom. The Hall–Kier alpha value is -1.43. The first-order valence-corrected chi connectivity index (χ1v) is 8.64. The van der Waals surface area contributed by atoms with E-state index in [2.05, 4.69) is 27.7 Å². The fraction of sp³-hybridized carbons (Fsp3) is 0.611. The Morgan fingerprint density at radius 3 is 2.48 bits per heavy atom. The van der Waals surface area contributed by atoms with Gasteiger partial charge in [0.2, 0.25) is 5.91 Å². The van der Waals surface area contributed by atoms with Crippen LogP contribution in [-0.2, 0) is 9.53 Å². The third kappa shape index (κ3) is 4.31. The van der Waals surface area contributed by atoms with Gasteiger partial charge in [-0.15, -0.1) is 0 Å². The van der Waals surface area contributed by atoms with Crippen molar-refractivity contribution in [1.29, 1.82) is 0 Å².